The highest BCUT2D eigenvalue weighted by Gasteiger charge is 2.52. The minimum absolute atomic E-state index is 0.102. The molecule has 0 bridgehead atoms. The summed E-state index contributed by atoms with van der Waals surface area (Å²) in [5, 5.41) is 2.27. The average Bonchev–Trinajstić information content (AvgIpc) is 3.17. The molecule has 1 aromatic carbocycles. The van der Waals surface area contributed by atoms with Crippen LogP contribution < -0.4 is 5.32 Å². The predicted molar refractivity (Wildman–Crippen MR) is 62.0 cm³/mol. The molecule has 0 unspecified atom stereocenters. The highest BCUT2D eigenvalue weighted by Crippen LogP contribution is 2.36. The van der Waals surface area contributed by atoms with Crippen LogP contribution in [0.5, 0.6) is 0 Å². The second-order valence-electron chi connectivity index (χ2n) is 4.10. The molecule has 0 atom stereocenters. The standard InChI is InChI=1S/C13H15NO3/c1-10(15)14-13(7-8-13)12(16)17-9-11-5-3-2-4-6-11/h2-6H,7-9H2,1H3,(H,14,15)/i1D3. The van der Waals surface area contributed by atoms with Gasteiger partial charge in [-0.2, -0.15) is 0 Å². The second kappa shape index (κ2) is 4.57. The fourth-order valence-corrected chi connectivity index (χ4v) is 1.58. The molecule has 2 rings (SSSR count). The van der Waals surface area contributed by atoms with E-state index in [0.29, 0.717) is 12.8 Å². The van der Waals surface area contributed by atoms with Gasteiger partial charge in [0.2, 0.25) is 5.91 Å². The van der Waals surface area contributed by atoms with E-state index in [0.717, 1.165) is 5.56 Å². The predicted octanol–water partition coefficient (Wildman–Crippen LogP) is 1.40. The van der Waals surface area contributed by atoms with E-state index < -0.39 is 24.3 Å². The first-order valence-electron chi connectivity index (χ1n) is 6.87. The lowest BCUT2D eigenvalue weighted by Gasteiger charge is -2.15. The molecule has 0 radical (unpaired) electrons. The molecule has 1 N–H and O–H groups in total. The van der Waals surface area contributed by atoms with Crippen molar-refractivity contribution in [3.8, 4) is 0 Å². The van der Waals surface area contributed by atoms with Crippen molar-refractivity contribution < 1.29 is 18.4 Å². The molecular formula is C13H15NO3. The minimum Gasteiger partial charge on any atom is -0.459 e. The molecule has 0 aliphatic heterocycles. The maximum atomic E-state index is 11.9. The number of carbonyl (C=O) groups is 2. The monoisotopic (exact) mass is 236 g/mol. The molecule has 0 saturated heterocycles. The van der Waals surface area contributed by atoms with Crippen LogP contribution in [-0.2, 0) is 20.9 Å². The summed E-state index contributed by atoms with van der Waals surface area (Å²) in [6.07, 6.45) is 0.810. The van der Waals surface area contributed by atoms with E-state index in [1.54, 1.807) is 0 Å². The molecule has 0 heterocycles. The Morgan fingerprint density at radius 3 is 2.71 bits per heavy atom. The van der Waals surface area contributed by atoms with Crippen LogP contribution in [0.1, 0.15) is 29.4 Å². The maximum Gasteiger partial charge on any atom is 0.332 e. The first kappa shape index (κ1) is 8.28. The van der Waals surface area contributed by atoms with Crippen LogP contribution in [0.15, 0.2) is 30.3 Å². The summed E-state index contributed by atoms with van der Waals surface area (Å²) < 4.78 is 26.1. The second-order valence-corrected chi connectivity index (χ2v) is 4.10. The van der Waals surface area contributed by atoms with Gasteiger partial charge in [-0.05, 0) is 18.4 Å². The van der Waals surface area contributed by atoms with Crippen molar-refractivity contribution in [3.63, 3.8) is 0 Å². The Balaban J connectivity index is 1.91. The van der Waals surface area contributed by atoms with Crippen LogP contribution in [-0.4, -0.2) is 17.4 Å². The lowest BCUT2D eigenvalue weighted by atomic mass is 10.2. The Morgan fingerprint density at radius 1 is 1.41 bits per heavy atom. The van der Waals surface area contributed by atoms with Crippen molar-refractivity contribution in [2.45, 2.75) is 31.8 Å². The number of hydrogen-bond acceptors (Lipinski definition) is 3. The number of amides is 1. The zero-order valence-electron chi connectivity index (χ0n) is 12.2. The number of carbonyl (C=O) groups excluding carboxylic acids is 2. The first-order chi connectivity index (χ1) is 9.33. The summed E-state index contributed by atoms with van der Waals surface area (Å²) in [5.41, 5.74) is -0.320. The Morgan fingerprint density at radius 2 is 2.12 bits per heavy atom. The van der Waals surface area contributed by atoms with Crippen LogP contribution in [0.3, 0.4) is 0 Å². The molecule has 4 nitrogen and oxygen atoms in total. The molecule has 17 heavy (non-hydrogen) atoms. The fraction of sp³-hybridized carbons (Fsp3) is 0.385. The Bertz CT molecular complexity index is 509. The molecular weight excluding hydrogens is 218 g/mol. The summed E-state index contributed by atoms with van der Waals surface area (Å²) in [5.74, 6) is -1.70. The van der Waals surface area contributed by atoms with E-state index in [1.165, 1.54) is 0 Å². The van der Waals surface area contributed by atoms with Gasteiger partial charge in [-0.3, -0.25) is 4.79 Å². The van der Waals surface area contributed by atoms with Gasteiger partial charge >= 0.3 is 5.97 Å². The molecule has 4 heteroatoms. The van der Waals surface area contributed by atoms with Gasteiger partial charge in [-0.1, -0.05) is 30.3 Å². The van der Waals surface area contributed by atoms with Crippen molar-refractivity contribution in [1.29, 1.82) is 0 Å². The highest BCUT2D eigenvalue weighted by molar-refractivity contribution is 5.89. The summed E-state index contributed by atoms with van der Waals surface area (Å²) in [6.45, 7) is -2.65. The molecule has 1 aromatic rings. The molecule has 1 amide bonds. The fourth-order valence-electron chi connectivity index (χ4n) is 1.58. The van der Waals surface area contributed by atoms with Crippen molar-refractivity contribution in [2.24, 2.45) is 0 Å². The van der Waals surface area contributed by atoms with Crippen LogP contribution in [0.2, 0.25) is 0 Å². The van der Waals surface area contributed by atoms with Crippen molar-refractivity contribution in [1.82, 2.24) is 5.32 Å². The van der Waals surface area contributed by atoms with Gasteiger partial charge < -0.3 is 10.1 Å². The van der Waals surface area contributed by atoms with Crippen LogP contribution in [0.4, 0.5) is 0 Å². The van der Waals surface area contributed by atoms with Crippen LogP contribution in [0.25, 0.3) is 0 Å². The third-order valence-corrected chi connectivity index (χ3v) is 2.71. The van der Waals surface area contributed by atoms with E-state index >= 15 is 0 Å². The summed E-state index contributed by atoms with van der Waals surface area (Å²) in [4.78, 5) is 23.4. The Labute approximate surface area is 104 Å². The first-order valence-corrected chi connectivity index (χ1v) is 5.37. The van der Waals surface area contributed by atoms with Gasteiger partial charge in [-0.15, -0.1) is 0 Å². The van der Waals surface area contributed by atoms with Gasteiger partial charge in [0.15, 0.2) is 0 Å². The van der Waals surface area contributed by atoms with Crippen LogP contribution >= 0.6 is 0 Å². The summed E-state index contributed by atoms with van der Waals surface area (Å²) in [6, 6.07) is 9.13. The number of hydrogen-bond donors (Lipinski definition) is 1. The third-order valence-electron chi connectivity index (χ3n) is 2.71. The van der Waals surface area contributed by atoms with E-state index in [2.05, 4.69) is 5.32 Å². The number of rotatable bonds is 4. The number of esters is 1. The average molecular weight is 236 g/mol. The van der Waals surface area contributed by atoms with Gasteiger partial charge in [0, 0.05) is 11.0 Å². The van der Waals surface area contributed by atoms with Gasteiger partial charge in [-0.25, -0.2) is 4.79 Å². The zero-order chi connectivity index (χ0) is 14.8. The van der Waals surface area contributed by atoms with Crippen LogP contribution in [0, 0.1) is 0 Å². The molecule has 0 spiro atoms. The molecule has 0 aromatic heterocycles. The van der Waals surface area contributed by atoms with Gasteiger partial charge in [0.1, 0.15) is 12.1 Å². The topological polar surface area (TPSA) is 55.4 Å². The van der Waals surface area contributed by atoms with Gasteiger partial charge in [0.05, 0.1) is 0 Å². The van der Waals surface area contributed by atoms with Crippen molar-refractivity contribution >= 4 is 11.9 Å². The van der Waals surface area contributed by atoms with Crippen molar-refractivity contribution in [3.05, 3.63) is 35.9 Å². The largest absolute Gasteiger partial charge is 0.459 e. The van der Waals surface area contributed by atoms with E-state index in [9.17, 15) is 9.59 Å². The number of nitrogens with one attached hydrogen (secondary N) is 1. The van der Waals surface area contributed by atoms with Crippen molar-refractivity contribution in [2.75, 3.05) is 0 Å². The molecule has 1 saturated carbocycles. The van der Waals surface area contributed by atoms with E-state index in [-0.39, 0.29) is 6.61 Å². The molecule has 1 fully saturated rings. The summed E-state index contributed by atoms with van der Waals surface area (Å²) >= 11 is 0. The Kier molecular flexibility index (Phi) is 2.23. The number of ether oxygens (including phenoxy) is 1. The zero-order valence-corrected chi connectivity index (χ0v) is 9.23. The normalized spacial score (nSPS) is 19.4. The highest BCUT2D eigenvalue weighted by atomic mass is 16.5. The number of benzene rings is 1. The lowest BCUT2D eigenvalue weighted by molar-refractivity contribution is -0.150. The minimum atomic E-state index is -2.75. The Hall–Kier alpha value is -1.84. The summed E-state index contributed by atoms with van der Waals surface area (Å²) in [7, 11) is 0. The molecule has 1 aliphatic carbocycles. The third kappa shape index (κ3) is 2.84. The lowest BCUT2D eigenvalue weighted by Crippen LogP contribution is -2.43. The smallest absolute Gasteiger partial charge is 0.332 e. The maximum absolute atomic E-state index is 11.9. The SMILES string of the molecule is [2H]C([2H])([2H])C(=O)NC1(C(=O)OCc2ccccc2)CC1. The van der Waals surface area contributed by atoms with Gasteiger partial charge in [0.25, 0.3) is 0 Å². The van der Waals surface area contributed by atoms with E-state index in [4.69, 9.17) is 8.85 Å². The molecule has 90 valence electrons. The quantitative estimate of drug-likeness (QED) is 0.804. The molecule has 1 aliphatic rings. The van der Waals surface area contributed by atoms with E-state index in [1.807, 2.05) is 30.3 Å².